The number of fused-ring (bicyclic) bond motifs is 2. The molecule has 210 valence electrons. The lowest BCUT2D eigenvalue weighted by Gasteiger charge is -2.36. The fourth-order valence-corrected chi connectivity index (χ4v) is 8.95. The average molecular weight is 554 g/mol. The Morgan fingerprint density at radius 2 is 1.69 bits per heavy atom. The molecule has 1 unspecified atom stereocenters. The molecule has 8 nitrogen and oxygen atoms in total. The smallest absolute Gasteiger partial charge is 0.247 e. The van der Waals surface area contributed by atoms with Crippen LogP contribution in [-0.2, 0) is 14.4 Å². The van der Waals surface area contributed by atoms with Gasteiger partial charge in [0.1, 0.15) is 11.8 Å². The second-order valence-corrected chi connectivity index (χ2v) is 12.7. The molecule has 2 fully saturated rings. The van der Waals surface area contributed by atoms with Crippen LogP contribution in [0.25, 0.3) is 0 Å². The Morgan fingerprint density at radius 1 is 0.949 bits per heavy atom. The first-order chi connectivity index (χ1) is 18.8. The summed E-state index contributed by atoms with van der Waals surface area (Å²) in [6, 6.07) is 6.70. The minimum atomic E-state index is -0.885. The number of hydrogen-bond donors (Lipinski definition) is 1. The van der Waals surface area contributed by atoms with Crippen LogP contribution in [0, 0.1) is 11.8 Å². The van der Waals surface area contributed by atoms with Gasteiger partial charge in [0.25, 0.3) is 0 Å². The van der Waals surface area contributed by atoms with E-state index >= 15 is 0 Å². The first-order valence-electron chi connectivity index (χ1n) is 14.1. The highest BCUT2D eigenvalue weighted by Crippen LogP contribution is 2.65. The number of ether oxygens (including phenoxy) is 1. The van der Waals surface area contributed by atoms with Crippen LogP contribution in [0.3, 0.4) is 0 Å². The van der Waals surface area contributed by atoms with Gasteiger partial charge in [0.05, 0.1) is 29.8 Å². The van der Waals surface area contributed by atoms with E-state index in [4.69, 9.17) is 4.74 Å². The SMILES string of the molecule is CCCCCN1CC=C[C@]23S[C@@]4(C)C=CCN(c5ccc(OCC)cc5)C(=O)[C@H]4[C@H]2C(=O)N(CCO)C3C1=O. The maximum absolute atomic E-state index is 14.4. The zero-order valence-corrected chi connectivity index (χ0v) is 23.9. The van der Waals surface area contributed by atoms with Crippen molar-refractivity contribution in [3.05, 3.63) is 48.6 Å². The van der Waals surface area contributed by atoms with Crippen molar-refractivity contribution in [3.63, 3.8) is 0 Å². The summed E-state index contributed by atoms with van der Waals surface area (Å²) in [5, 5.41) is 9.88. The third kappa shape index (κ3) is 4.57. The Bertz CT molecular complexity index is 1170. The number of amides is 3. The van der Waals surface area contributed by atoms with Crippen molar-refractivity contribution < 1.29 is 24.2 Å². The van der Waals surface area contributed by atoms with Crippen molar-refractivity contribution in [2.75, 3.05) is 44.3 Å². The van der Waals surface area contributed by atoms with E-state index in [0.29, 0.717) is 26.2 Å². The van der Waals surface area contributed by atoms with Gasteiger partial charge in [0, 0.05) is 36.6 Å². The van der Waals surface area contributed by atoms with Crippen LogP contribution in [0.2, 0.25) is 0 Å². The molecule has 3 amide bonds. The molecule has 0 aliphatic carbocycles. The van der Waals surface area contributed by atoms with Crippen LogP contribution < -0.4 is 9.64 Å². The molecule has 1 aromatic rings. The monoisotopic (exact) mass is 553 g/mol. The molecule has 39 heavy (non-hydrogen) atoms. The summed E-state index contributed by atoms with van der Waals surface area (Å²) in [5.74, 6) is -1.06. The largest absolute Gasteiger partial charge is 0.494 e. The number of rotatable bonds is 9. The summed E-state index contributed by atoms with van der Waals surface area (Å²) in [5.41, 5.74) is 0.743. The molecule has 5 atom stereocenters. The minimum Gasteiger partial charge on any atom is -0.494 e. The Morgan fingerprint density at radius 3 is 2.38 bits per heavy atom. The molecule has 0 aromatic heterocycles. The van der Waals surface area contributed by atoms with Crippen molar-refractivity contribution in [1.82, 2.24) is 9.80 Å². The molecule has 9 heteroatoms. The summed E-state index contributed by atoms with van der Waals surface area (Å²) in [4.78, 5) is 47.8. The highest BCUT2D eigenvalue weighted by Gasteiger charge is 2.73. The third-order valence-corrected chi connectivity index (χ3v) is 10.3. The van der Waals surface area contributed by atoms with Crippen molar-refractivity contribution in [2.45, 2.75) is 55.6 Å². The van der Waals surface area contributed by atoms with E-state index in [1.165, 1.54) is 0 Å². The van der Waals surface area contributed by atoms with Crippen LogP contribution in [0.1, 0.15) is 40.0 Å². The van der Waals surface area contributed by atoms with E-state index < -0.39 is 27.4 Å². The van der Waals surface area contributed by atoms with E-state index in [-0.39, 0.29) is 30.9 Å². The molecular formula is C30H39N3O5S. The van der Waals surface area contributed by atoms with Gasteiger partial charge in [-0.15, -0.1) is 11.8 Å². The number of benzene rings is 1. The first kappa shape index (κ1) is 27.8. The quantitative estimate of drug-likeness (QED) is 0.373. The molecule has 0 saturated carbocycles. The molecule has 5 rings (SSSR count). The van der Waals surface area contributed by atoms with Crippen molar-refractivity contribution in [1.29, 1.82) is 0 Å². The number of anilines is 1. The lowest BCUT2D eigenvalue weighted by Crippen LogP contribution is -2.54. The highest BCUT2D eigenvalue weighted by molar-refractivity contribution is 8.02. The maximum Gasteiger partial charge on any atom is 0.247 e. The van der Waals surface area contributed by atoms with Gasteiger partial charge in [0.15, 0.2) is 0 Å². The normalized spacial score (nSPS) is 31.7. The fraction of sp³-hybridized carbons (Fsp3) is 0.567. The molecule has 1 spiro atoms. The van der Waals surface area contributed by atoms with E-state index in [1.54, 1.807) is 21.6 Å². The first-order valence-corrected chi connectivity index (χ1v) is 14.9. The van der Waals surface area contributed by atoms with Gasteiger partial charge in [-0.25, -0.2) is 0 Å². The number of hydrogen-bond acceptors (Lipinski definition) is 6. The van der Waals surface area contributed by atoms with Gasteiger partial charge in [-0.3, -0.25) is 14.4 Å². The summed E-state index contributed by atoms with van der Waals surface area (Å²) >= 11 is 1.57. The van der Waals surface area contributed by atoms with E-state index in [2.05, 4.69) is 13.0 Å². The molecule has 2 saturated heterocycles. The third-order valence-electron chi connectivity index (χ3n) is 8.47. The maximum atomic E-state index is 14.4. The summed E-state index contributed by atoms with van der Waals surface area (Å²) in [6.45, 7) is 7.98. The summed E-state index contributed by atoms with van der Waals surface area (Å²) in [6.07, 6.45) is 11.1. The zero-order valence-electron chi connectivity index (χ0n) is 23.0. The number of likely N-dealkylation sites (tertiary alicyclic amines) is 1. The number of unbranched alkanes of at least 4 members (excludes halogenated alkanes) is 2. The minimum absolute atomic E-state index is 0.0702. The number of β-amino-alcohol motifs (C(OH)–C–C–N with tert-alkyl or cyclic N) is 1. The zero-order chi connectivity index (χ0) is 27.8. The van der Waals surface area contributed by atoms with Gasteiger partial charge in [-0.05, 0) is 44.5 Å². The van der Waals surface area contributed by atoms with Crippen molar-refractivity contribution in [2.24, 2.45) is 11.8 Å². The number of thioether (sulfide) groups is 1. The van der Waals surface area contributed by atoms with E-state index in [9.17, 15) is 19.5 Å². The molecule has 4 aliphatic heterocycles. The van der Waals surface area contributed by atoms with Gasteiger partial charge < -0.3 is 24.5 Å². The number of aliphatic hydroxyl groups excluding tert-OH is 1. The second kappa shape index (κ2) is 11.0. The predicted octanol–water partition coefficient (Wildman–Crippen LogP) is 3.26. The van der Waals surface area contributed by atoms with Gasteiger partial charge in [-0.2, -0.15) is 0 Å². The highest BCUT2D eigenvalue weighted by atomic mass is 32.2. The fourth-order valence-electron chi connectivity index (χ4n) is 6.79. The molecule has 1 aromatic carbocycles. The summed E-state index contributed by atoms with van der Waals surface area (Å²) < 4.78 is 4.03. The number of carbonyl (C=O) groups excluding carboxylic acids is 3. The Hall–Kier alpha value is -2.78. The molecular weight excluding hydrogens is 514 g/mol. The number of carbonyl (C=O) groups is 3. The predicted molar refractivity (Wildman–Crippen MR) is 153 cm³/mol. The van der Waals surface area contributed by atoms with Crippen molar-refractivity contribution in [3.8, 4) is 5.75 Å². The lowest BCUT2D eigenvalue weighted by atomic mass is 9.74. The Kier molecular flexibility index (Phi) is 7.84. The van der Waals surface area contributed by atoms with Crippen LogP contribution in [0.15, 0.2) is 48.6 Å². The molecule has 4 aliphatic rings. The molecule has 4 heterocycles. The molecule has 1 N–H and O–H groups in total. The lowest BCUT2D eigenvalue weighted by molar-refractivity contribution is -0.143. The Labute approximate surface area is 235 Å². The van der Waals surface area contributed by atoms with E-state index in [1.807, 2.05) is 61.2 Å². The summed E-state index contributed by atoms with van der Waals surface area (Å²) in [7, 11) is 0. The Balaban J connectivity index is 1.54. The molecule has 0 bridgehead atoms. The average Bonchev–Trinajstić information content (AvgIpc) is 3.18. The van der Waals surface area contributed by atoms with Gasteiger partial charge in [0.2, 0.25) is 17.7 Å². The van der Waals surface area contributed by atoms with Crippen LogP contribution in [-0.4, -0.2) is 87.6 Å². The van der Waals surface area contributed by atoms with Crippen LogP contribution >= 0.6 is 11.8 Å². The standard InChI is InChI=1S/C30H39N3O5S/c1-4-6-7-16-31-17-9-15-30-24(27(36)33(19-20-34)25(30)28(31)37)23-26(35)32(18-8-14-29(23,3)39-30)21-10-12-22(13-11-21)38-5-2/h8-15,23-25,34H,4-7,16-20H2,1-3H3/t23-,24+,25?,29+,30+/m1/s1. The van der Waals surface area contributed by atoms with Crippen molar-refractivity contribution >= 4 is 35.2 Å². The van der Waals surface area contributed by atoms with E-state index in [0.717, 1.165) is 30.7 Å². The van der Waals surface area contributed by atoms with Gasteiger partial charge in [-0.1, -0.05) is 44.1 Å². The van der Waals surface area contributed by atoms with Crippen LogP contribution in [0.4, 0.5) is 5.69 Å². The second-order valence-electron chi connectivity index (χ2n) is 10.9. The number of nitrogens with zero attached hydrogens (tertiary/aromatic N) is 3. The molecule has 0 radical (unpaired) electrons. The topological polar surface area (TPSA) is 90.4 Å². The number of aliphatic hydroxyl groups is 1. The van der Waals surface area contributed by atoms with Crippen LogP contribution in [0.5, 0.6) is 5.75 Å². The van der Waals surface area contributed by atoms with Gasteiger partial charge >= 0.3 is 0 Å².